The highest BCUT2D eigenvalue weighted by molar-refractivity contribution is 8.00. The molecule has 3 heterocycles. The molecule has 168 valence electrons. The molecule has 3 amide bonds. The summed E-state index contributed by atoms with van der Waals surface area (Å²) < 4.78 is 37.8. The van der Waals surface area contributed by atoms with Gasteiger partial charge in [0.2, 0.25) is 0 Å². The van der Waals surface area contributed by atoms with E-state index in [9.17, 15) is 22.8 Å². The Morgan fingerprint density at radius 2 is 1.88 bits per heavy atom. The lowest BCUT2D eigenvalue weighted by atomic mass is 10.0. The van der Waals surface area contributed by atoms with Crippen LogP contribution in [0.25, 0.3) is 0 Å². The number of urea groups is 1. The number of rotatable bonds is 5. The Bertz CT molecular complexity index is 1090. The van der Waals surface area contributed by atoms with Crippen LogP contribution in [0.2, 0.25) is 0 Å². The fourth-order valence-electron chi connectivity index (χ4n) is 3.65. The van der Waals surface area contributed by atoms with E-state index in [0.29, 0.717) is 18.9 Å². The first-order chi connectivity index (χ1) is 15.1. The van der Waals surface area contributed by atoms with Gasteiger partial charge in [-0.15, -0.1) is 0 Å². The summed E-state index contributed by atoms with van der Waals surface area (Å²) in [7, 11) is 0. The second kappa shape index (κ2) is 8.12. The first kappa shape index (κ1) is 22.1. The SMILES string of the molecule is CC1(C)C(=O)N(c2ccc(SC(F)(F)F)cc2)C(=O)N1Cc1ccncc1C1=NCCN1. The number of thioether (sulfide) groups is 1. The summed E-state index contributed by atoms with van der Waals surface area (Å²) in [6.45, 7) is 4.80. The van der Waals surface area contributed by atoms with Crippen LogP contribution in [-0.2, 0) is 11.3 Å². The monoisotopic (exact) mass is 463 g/mol. The first-order valence-corrected chi connectivity index (χ1v) is 10.6. The molecule has 11 heteroatoms. The lowest BCUT2D eigenvalue weighted by Gasteiger charge is -2.28. The van der Waals surface area contributed by atoms with Crippen LogP contribution >= 0.6 is 11.8 Å². The van der Waals surface area contributed by atoms with Gasteiger partial charge < -0.3 is 10.2 Å². The third kappa shape index (κ3) is 4.16. The molecule has 0 radical (unpaired) electrons. The molecule has 1 saturated heterocycles. The predicted octanol–water partition coefficient (Wildman–Crippen LogP) is 3.79. The maximum absolute atomic E-state index is 13.3. The Morgan fingerprint density at radius 1 is 1.16 bits per heavy atom. The van der Waals surface area contributed by atoms with Gasteiger partial charge in [0.05, 0.1) is 12.2 Å². The number of amidine groups is 1. The fraction of sp³-hybridized carbons (Fsp3) is 0.333. The average Bonchev–Trinajstić information content (AvgIpc) is 3.31. The standard InChI is InChI=1S/C21H20F3N5O2S/c1-20(2)18(30)29(14-3-5-15(6-4-14)32-21(22,23)24)19(31)28(20)12-13-7-8-25-11-16(13)17-26-9-10-27-17/h3-8,11H,9-10,12H2,1-2H3,(H,26,27). The summed E-state index contributed by atoms with van der Waals surface area (Å²) in [4.78, 5) is 37.4. The van der Waals surface area contributed by atoms with Crippen LogP contribution in [0.1, 0.15) is 25.0 Å². The Balaban J connectivity index is 1.61. The van der Waals surface area contributed by atoms with Crippen LogP contribution in [0.15, 0.2) is 52.6 Å². The molecular weight excluding hydrogens is 443 g/mol. The molecule has 32 heavy (non-hydrogen) atoms. The molecule has 2 aromatic rings. The second-order valence-electron chi connectivity index (χ2n) is 7.80. The van der Waals surface area contributed by atoms with Crippen molar-refractivity contribution in [2.45, 2.75) is 36.3 Å². The van der Waals surface area contributed by atoms with Gasteiger partial charge >= 0.3 is 11.5 Å². The third-order valence-electron chi connectivity index (χ3n) is 5.32. The minimum Gasteiger partial charge on any atom is -0.368 e. The van der Waals surface area contributed by atoms with Crippen molar-refractivity contribution in [3.8, 4) is 0 Å². The van der Waals surface area contributed by atoms with E-state index in [1.165, 1.54) is 29.2 Å². The van der Waals surface area contributed by atoms with Gasteiger partial charge in [-0.1, -0.05) is 0 Å². The van der Waals surface area contributed by atoms with E-state index in [0.717, 1.165) is 16.0 Å². The fourth-order valence-corrected chi connectivity index (χ4v) is 4.19. The Kier molecular flexibility index (Phi) is 5.61. The number of halogens is 3. The number of carbonyl (C=O) groups excluding carboxylic acids is 2. The van der Waals surface area contributed by atoms with E-state index in [1.54, 1.807) is 32.3 Å². The van der Waals surface area contributed by atoms with E-state index >= 15 is 0 Å². The zero-order chi connectivity index (χ0) is 23.1. The molecular formula is C21H20F3N5O2S. The van der Waals surface area contributed by atoms with Crippen LogP contribution < -0.4 is 10.2 Å². The Labute approximate surface area is 186 Å². The van der Waals surface area contributed by atoms with Crippen molar-refractivity contribution >= 4 is 35.2 Å². The molecule has 1 fully saturated rings. The maximum Gasteiger partial charge on any atom is 0.446 e. The number of alkyl halides is 3. The number of aliphatic imine (C=N–C) groups is 1. The van der Waals surface area contributed by atoms with Gasteiger partial charge in [0.25, 0.3) is 5.91 Å². The zero-order valence-electron chi connectivity index (χ0n) is 17.3. The van der Waals surface area contributed by atoms with Gasteiger partial charge in [0.1, 0.15) is 11.4 Å². The van der Waals surface area contributed by atoms with Crippen molar-refractivity contribution in [1.82, 2.24) is 15.2 Å². The number of nitrogens with zero attached hydrogens (tertiary/aromatic N) is 4. The van der Waals surface area contributed by atoms with Gasteiger partial charge in [0, 0.05) is 35.9 Å². The van der Waals surface area contributed by atoms with Crippen LogP contribution in [0.4, 0.5) is 23.7 Å². The Morgan fingerprint density at radius 3 is 2.50 bits per heavy atom. The van der Waals surface area contributed by atoms with E-state index in [2.05, 4.69) is 15.3 Å². The van der Waals surface area contributed by atoms with Crippen LogP contribution in [0.3, 0.4) is 0 Å². The molecule has 1 aromatic heterocycles. The first-order valence-electron chi connectivity index (χ1n) is 9.81. The van der Waals surface area contributed by atoms with Crippen LogP contribution in [0, 0.1) is 0 Å². The molecule has 0 spiro atoms. The molecule has 0 saturated carbocycles. The zero-order valence-corrected chi connectivity index (χ0v) is 18.1. The van der Waals surface area contributed by atoms with Crippen molar-refractivity contribution in [2.75, 3.05) is 18.0 Å². The van der Waals surface area contributed by atoms with Gasteiger partial charge in [-0.25, -0.2) is 9.69 Å². The number of amides is 3. The van der Waals surface area contributed by atoms with Crippen molar-refractivity contribution in [3.05, 3.63) is 53.9 Å². The largest absolute Gasteiger partial charge is 0.446 e. The number of aromatic nitrogens is 1. The molecule has 2 aliphatic rings. The lowest BCUT2D eigenvalue weighted by molar-refractivity contribution is -0.123. The number of imide groups is 1. The molecule has 2 aliphatic heterocycles. The average molecular weight is 463 g/mol. The smallest absolute Gasteiger partial charge is 0.368 e. The van der Waals surface area contributed by atoms with Crippen LogP contribution in [0.5, 0.6) is 0 Å². The summed E-state index contributed by atoms with van der Waals surface area (Å²) in [6.07, 6.45) is 3.27. The number of benzene rings is 1. The number of pyridine rings is 1. The predicted molar refractivity (Wildman–Crippen MR) is 115 cm³/mol. The van der Waals surface area contributed by atoms with Gasteiger partial charge in [0.15, 0.2) is 0 Å². The molecule has 7 nitrogen and oxygen atoms in total. The number of hydrogen-bond donors (Lipinski definition) is 1. The molecule has 0 unspecified atom stereocenters. The van der Waals surface area contributed by atoms with Crippen molar-refractivity contribution in [3.63, 3.8) is 0 Å². The van der Waals surface area contributed by atoms with Crippen molar-refractivity contribution in [1.29, 1.82) is 0 Å². The highest BCUT2D eigenvalue weighted by atomic mass is 32.2. The summed E-state index contributed by atoms with van der Waals surface area (Å²) in [5.74, 6) is 0.240. The van der Waals surface area contributed by atoms with Gasteiger partial charge in [-0.3, -0.25) is 14.8 Å². The number of nitrogens with one attached hydrogen (secondary N) is 1. The van der Waals surface area contributed by atoms with E-state index in [4.69, 9.17) is 0 Å². The van der Waals surface area contributed by atoms with E-state index < -0.39 is 23.0 Å². The minimum atomic E-state index is -4.42. The van der Waals surface area contributed by atoms with Gasteiger partial charge in [-0.2, -0.15) is 13.2 Å². The summed E-state index contributed by atoms with van der Waals surface area (Å²) >= 11 is -0.253. The molecule has 0 bridgehead atoms. The number of carbonyl (C=O) groups is 2. The quantitative estimate of drug-likeness (QED) is 0.539. The number of anilines is 1. The van der Waals surface area contributed by atoms with E-state index in [-0.39, 0.29) is 28.9 Å². The molecule has 1 N–H and O–H groups in total. The summed E-state index contributed by atoms with van der Waals surface area (Å²) in [6, 6.07) is 6.41. The molecule has 4 rings (SSSR count). The molecule has 0 aliphatic carbocycles. The maximum atomic E-state index is 13.3. The second-order valence-corrected chi connectivity index (χ2v) is 8.94. The molecule has 0 atom stereocenters. The lowest BCUT2D eigenvalue weighted by Crippen LogP contribution is -2.44. The Hall–Kier alpha value is -3.08. The minimum absolute atomic E-state index is 0.0253. The van der Waals surface area contributed by atoms with Crippen molar-refractivity contribution < 1.29 is 22.8 Å². The topological polar surface area (TPSA) is 77.9 Å². The summed E-state index contributed by atoms with van der Waals surface area (Å²) in [5.41, 5.74) is -3.81. The van der Waals surface area contributed by atoms with E-state index in [1.807, 2.05) is 0 Å². The van der Waals surface area contributed by atoms with Crippen molar-refractivity contribution in [2.24, 2.45) is 4.99 Å². The van der Waals surface area contributed by atoms with Crippen LogP contribution in [-0.4, -0.2) is 51.8 Å². The van der Waals surface area contributed by atoms with Gasteiger partial charge in [-0.05, 0) is 61.5 Å². The normalized spacial score (nSPS) is 18.2. The molecule has 1 aromatic carbocycles. The number of hydrogen-bond acceptors (Lipinski definition) is 6. The highest BCUT2D eigenvalue weighted by Gasteiger charge is 2.52. The third-order valence-corrected chi connectivity index (χ3v) is 6.06. The summed E-state index contributed by atoms with van der Waals surface area (Å²) in [5, 5.41) is 3.18. The highest BCUT2D eigenvalue weighted by Crippen LogP contribution is 2.39.